The Labute approximate surface area is 127 Å². The fourth-order valence-electron chi connectivity index (χ4n) is 2.65. The quantitative estimate of drug-likeness (QED) is 0.835. The minimum atomic E-state index is -0.661. The van der Waals surface area contributed by atoms with Crippen molar-refractivity contribution < 1.29 is 18.0 Å². The van der Waals surface area contributed by atoms with Gasteiger partial charge in [-0.25, -0.2) is 13.2 Å². The molecule has 1 heterocycles. The summed E-state index contributed by atoms with van der Waals surface area (Å²) >= 11 is 0. The Kier molecular flexibility index (Phi) is 4.45. The molecule has 5 heteroatoms. The Hall–Kier alpha value is -1.85. The molecule has 1 aliphatic rings. The molecule has 0 radical (unpaired) electrons. The Morgan fingerprint density at radius 2 is 1.55 bits per heavy atom. The first-order valence-corrected chi connectivity index (χ1v) is 7.24. The van der Waals surface area contributed by atoms with E-state index >= 15 is 0 Å². The molecular weight excluding hydrogens is 291 g/mol. The highest BCUT2D eigenvalue weighted by Crippen LogP contribution is 2.27. The molecule has 0 spiro atoms. The summed E-state index contributed by atoms with van der Waals surface area (Å²) in [4.78, 5) is 5.65. The summed E-state index contributed by atoms with van der Waals surface area (Å²) in [7, 11) is 0. The van der Waals surface area contributed by atoms with Crippen LogP contribution in [-0.4, -0.2) is 18.2 Å². The maximum absolute atomic E-state index is 13.5. The highest BCUT2D eigenvalue weighted by molar-refractivity contribution is 5.67. The zero-order valence-electron chi connectivity index (χ0n) is 12.0. The van der Waals surface area contributed by atoms with Gasteiger partial charge in [0.05, 0.1) is 6.61 Å². The standard InChI is InChI=1S/C17H16F3NO/c18-14-3-4-17(12-7-15(19)10-16(20)8-12)13(9-14)11-22-21-5-1-2-6-21/h3-4,7-10H,1-2,5-6,11H2. The van der Waals surface area contributed by atoms with Crippen molar-refractivity contribution >= 4 is 0 Å². The van der Waals surface area contributed by atoms with Gasteiger partial charge in [-0.3, -0.25) is 4.84 Å². The van der Waals surface area contributed by atoms with E-state index in [1.165, 1.54) is 30.3 Å². The van der Waals surface area contributed by atoms with Crippen LogP contribution in [0.25, 0.3) is 11.1 Å². The number of halogens is 3. The summed E-state index contributed by atoms with van der Waals surface area (Å²) in [5.74, 6) is -1.72. The van der Waals surface area contributed by atoms with Gasteiger partial charge in [0.2, 0.25) is 0 Å². The Morgan fingerprint density at radius 3 is 2.23 bits per heavy atom. The summed E-state index contributed by atoms with van der Waals surface area (Å²) < 4.78 is 40.3. The van der Waals surface area contributed by atoms with Crippen LogP contribution >= 0.6 is 0 Å². The summed E-state index contributed by atoms with van der Waals surface area (Å²) in [6, 6.07) is 7.41. The molecule has 0 amide bonds. The van der Waals surface area contributed by atoms with Gasteiger partial charge < -0.3 is 0 Å². The van der Waals surface area contributed by atoms with Gasteiger partial charge >= 0.3 is 0 Å². The van der Waals surface area contributed by atoms with Crippen LogP contribution < -0.4 is 0 Å². The number of hydrogen-bond acceptors (Lipinski definition) is 2. The summed E-state index contributed by atoms with van der Waals surface area (Å²) in [6.45, 7) is 1.86. The van der Waals surface area contributed by atoms with E-state index in [0.29, 0.717) is 16.7 Å². The maximum Gasteiger partial charge on any atom is 0.126 e. The van der Waals surface area contributed by atoms with Crippen molar-refractivity contribution in [2.75, 3.05) is 13.1 Å². The highest BCUT2D eigenvalue weighted by Gasteiger charge is 2.14. The molecule has 2 aromatic carbocycles. The topological polar surface area (TPSA) is 12.5 Å². The van der Waals surface area contributed by atoms with Crippen LogP contribution in [0, 0.1) is 17.5 Å². The van der Waals surface area contributed by atoms with E-state index in [2.05, 4.69) is 0 Å². The minimum Gasteiger partial charge on any atom is -0.294 e. The van der Waals surface area contributed by atoms with Crippen LogP contribution in [0.1, 0.15) is 18.4 Å². The van der Waals surface area contributed by atoms with Gasteiger partial charge in [0.15, 0.2) is 0 Å². The molecule has 116 valence electrons. The SMILES string of the molecule is Fc1cc(F)cc(-c2ccc(F)cc2CON2CCCC2)c1. The van der Waals surface area contributed by atoms with Gasteiger partial charge in [-0.15, -0.1) is 0 Å². The van der Waals surface area contributed by atoms with E-state index < -0.39 is 17.5 Å². The number of rotatable bonds is 4. The van der Waals surface area contributed by atoms with Crippen molar-refractivity contribution in [3.63, 3.8) is 0 Å². The van der Waals surface area contributed by atoms with Crippen molar-refractivity contribution in [2.45, 2.75) is 19.4 Å². The van der Waals surface area contributed by atoms with Gasteiger partial charge in [0.25, 0.3) is 0 Å². The van der Waals surface area contributed by atoms with Crippen LogP contribution in [0.5, 0.6) is 0 Å². The van der Waals surface area contributed by atoms with Gasteiger partial charge in [0.1, 0.15) is 17.5 Å². The fraction of sp³-hybridized carbons (Fsp3) is 0.294. The molecule has 1 saturated heterocycles. The minimum absolute atomic E-state index is 0.172. The van der Waals surface area contributed by atoms with Gasteiger partial charge in [-0.05, 0) is 53.8 Å². The first kappa shape index (κ1) is 15.1. The summed E-state index contributed by atoms with van der Waals surface area (Å²) in [6.07, 6.45) is 2.15. The smallest absolute Gasteiger partial charge is 0.126 e. The van der Waals surface area contributed by atoms with Gasteiger partial charge in [-0.2, -0.15) is 5.06 Å². The average molecular weight is 307 g/mol. The van der Waals surface area contributed by atoms with Crippen molar-refractivity contribution in [2.24, 2.45) is 0 Å². The van der Waals surface area contributed by atoms with E-state index in [9.17, 15) is 13.2 Å². The molecule has 3 rings (SSSR count). The van der Waals surface area contributed by atoms with Crippen molar-refractivity contribution in [1.82, 2.24) is 5.06 Å². The van der Waals surface area contributed by atoms with E-state index in [4.69, 9.17) is 4.84 Å². The van der Waals surface area contributed by atoms with Crippen LogP contribution in [-0.2, 0) is 11.4 Å². The molecule has 0 aromatic heterocycles. The number of hydrogen-bond donors (Lipinski definition) is 0. The third-order valence-corrected chi connectivity index (χ3v) is 3.71. The average Bonchev–Trinajstić information content (AvgIpc) is 2.97. The molecule has 0 bridgehead atoms. The predicted octanol–water partition coefficient (Wildman–Crippen LogP) is 4.30. The van der Waals surface area contributed by atoms with Crippen molar-refractivity contribution in [3.8, 4) is 11.1 Å². The Morgan fingerprint density at radius 1 is 0.864 bits per heavy atom. The zero-order valence-corrected chi connectivity index (χ0v) is 12.0. The fourth-order valence-corrected chi connectivity index (χ4v) is 2.65. The lowest BCUT2D eigenvalue weighted by atomic mass is 10.00. The van der Waals surface area contributed by atoms with Crippen LogP contribution in [0.4, 0.5) is 13.2 Å². The Bertz CT molecular complexity index is 649. The van der Waals surface area contributed by atoms with Crippen LogP contribution in [0.15, 0.2) is 36.4 Å². The van der Waals surface area contributed by atoms with E-state index in [0.717, 1.165) is 32.0 Å². The second-order valence-corrected chi connectivity index (χ2v) is 5.37. The van der Waals surface area contributed by atoms with E-state index in [1.807, 2.05) is 5.06 Å². The van der Waals surface area contributed by atoms with Gasteiger partial charge in [-0.1, -0.05) is 6.07 Å². The van der Waals surface area contributed by atoms with Gasteiger partial charge in [0, 0.05) is 19.2 Å². The van der Waals surface area contributed by atoms with Crippen molar-refractivity contribution in [1.29, 1.82) is 0 Å². The Balaban J connectivity index is 1.89. The summed E-state index contributed by atoms with van der Waals surface area (Å²) in [5, 5.41) is 1.83. The lowest BCUT2D eigenvalue weighted by Crippen LogP contribution is -2.19. The molecule has 2 nitrogen and oxygen atoms in total. The lowest BCUT2D eigenvalue weighted by Gasteiger charge is -2.17. The lowest BCUT2D eigenvalue weighted by molar-refractivity contribution is -0.153. The molecule has 1 aliphatic heterocycles. The number of nitrogens with zero attached hydrogens (tertiary/aromatic N) is 1. The first-order valence-electron chi connectivity index (χ1n) is 7.24. The molecule has 0 unspecified atom stereocenters. The molecule has 0 aliphatic carbocycles. The molecule has 0 N–H and O–H groups in total. The first-order chi connectivity index (χ1) is 10.6. The molecule has 22 heavy (non-hydrogen) atoms. The monoisotopic (exact) mass is 307 g/mol. The predicted molar refractivity (Wildman–Crippen MR) is 77.3 cm³/mol. The molecule has 2 aromatic rings. The molecule has 0 atom stereocenters. The second kappa shape index (κ2) is 6.50. The van der Waals surface area contributed by atoms with Crippen LogP contribution in [0.2, 0.25) is 0 Å². The number of benzene rings is 2. The zero-order chi connectivity index (χ0) is 15.5. The summed E-state index contributed by atoms with van der Waals surface area (Å²) in [5.41, 5.74) is 1.51. The normalized spacial score (nSPS) is 15.4. The van der Waals surface area contributed by atoms with Crippen molar-refractivity contribution in [3.05, 3.63) is 59.4 Å². The third-order valence-electron chi connectivity index (χ3n) is 3.71. The molecule has 0 saturated carbocycles. The highest BCUT2D eigenvalue weighted by atomic mass is 19.1. The molecule has 1 fully saturated rings. The molecular formula is C17H16F3NO. The van der Waals surface area contributed by atoms with E-state index in [-0.39, 0.29) is 6.61 Å². The third kappa shape index (κ3) is 3.48. The van der Waals surface area contributed by atoms with E-state index in [1.54, 1.807) is 0 Å². The number of hydroxylamine groups is 2. The largest absolute Gasteiger partial charge is 0.294 e. The second-order valence-electron chi connectivity index (χ2n) is 5.37. The van der Waals surface area contributed by atoms with Crippen LogP contribution in [0.3, 0.4) is 0 Å². The maximum atomic E-state index is 13.5.